The molecule has 5 nitrogen and oxygen atoms in total. The number of aliphatic carboxylic acids is 1. The standard InChI is InChI=1S/C15H24N2O3/c1-3-10-17(11-4-2)14(20)16-12-15(13(18)19)8-6-5-7-9-15/h3-4H,1-2,5-12H2,(H,16,20)(H,18,19). The maximum Gasteiger partial charge on any atom is 0.317 e. The van der Waals surface area contributed by atoms with Crippen LogP contribution in [0.4, 0.5) is 4.79 Å². The summed E-state index contributed by atoms with van der Waals surface area (Å²) >= 11 is 0. The molecule has 0 bridgehead atoms. The molecule has 0 atom stereocenters. The number of hydrogen-bond acceptors (Lipinski definition) is 2. The molecule has 0 aromatic carbocycles. The van der Waals surface area contributed by atoms with Gasteiger partial charge in [0, 0.05) is 19.6 Å². The fourth-order valence-electron chi connectivity index (χ4n) is 2.60. The molecular formula is C15H24N2O3. The summed E-state index contributed by atoms with van der Waals surface area (Å²) in [4.78, 5) is 25.1. The minimum absolute atomic E-state index is 0.186. The fourth-order valence-corrected chi connectivity index (χ4v) is 2.60. The van der Waals surface area contributed by atoms with Gasteiger partial charge >= 0.3 is 12.0 Å². The lowest BCUT2D eigenvalue weighted by Gasteiger charge is -2.34. The third-order valence-electron chi connectivity index (χ3n) is 3.83. The first-order chi connectivity index (χ1) is 9.55. The van der Waals surface area contributed by atoms with Crippen molar-refractivity contribution in [2.75, 3.05) is 19.6 Å². The van der Waals surface area contributed by atoms with E-state index < -0.39 is 11.4 Å². The molecule has 1 aliphatic carbocycles. The smallest absolute Gasteiger partial charge is 0.317 e. The number of carboxylic acid groups (broad SMARTS) is 1. The van der Waals surface area contributed by atoms with E-state index in [1.54, 1.807) is 17.1 Å². The van der Waals surface area contributed by atoms with Gasteiger partial charge in [-0.05, 0) is 12.8 Å². The van der Waals surface area contributed by atoms with E-state index in [4.69, 9.17) is 0 Å². The van der Waals surface area contributed by atoms with Crippen LogP contribution in [0.25, 0.3) is 0 Å². The quantitative estimate of drug-likeness (QED) is 0.704. The molecule has 1 fully saturated rings. The van der Waals surface area contributed by atoms with Gasteiger partial charge in [-0.15, -0.1) is 13.2 Å². The Morgan fingerprint density at radius 2 is 1.70 bits per heavy atom. The summed E-state index contributed by atoms with van der Waals surface area (Å²) < 4.78 is 0. The highest BCUT2D eigenvalue weighted by molar-refractivity contribution is 5.78. The molecule has 0 radical (unpaired) electrons. The Kier molecular flexibility index (Phi) is 6.28. The van der Waals surface area contributed by atoms with Gasteiger partial charge in [-0.1, -0.05) is 31.4 Å². The van der Waals surface area contributed by atoms with Gasteiger partial charge in [0.2, 0.25) is 0 Å². The lowest BCUT2D eigenvalue weighted by Crippen LogP contribution is -2.48. The largest absolute Gasteiger partial charge is 0.481 e. The first kappa shape index (κ1) is 16.3. The molecule has 1 aliphatic rings. The molecule has 0 spiro atoms. The van der Waals surface area contributed by atoms with Gasteiger partial charge < -0.3 is 15.3 Å². The van der Waals surface area contributed by atoms with Gasteiger partial charge in [0.15, 0.2) is 0 Å². The molecule has 0 aromatic rings. The molecule has 1 saturated carbocycles. The van der Waals surface area contributed by atoms with Crippen molar-refractivity contribution in [3.8, 4) is 0 Å². The SMILES string of the molecule is C=CCN(CC=C)C(=O)NCC1(C(=O)O)CCCCC1. The summed E-state index contributed by atoms with van der Waals surface area (Å²) in [6.07, 6.45) is 7.42. The lowest BCUT2D eigenvalue weighted by atomic mass is 9.74. The zero-order valence-electron chi connectivity index (χ0n) is 11.9. The van der Waals surface area contributed by atoms with E-state index in [0.717, 1.165) is 19.3 Å². The second-order valence-corrected chi connectivity index (χ2v) is 5.29. The van der Waals surface area contributed by atoms with Crippen molar-refractivity contribution >= 4 is 12.0 Å². The highest BCUT2D eigenvalue weighted by Gasteiger charge is 2.39. The first-order valence-corrected chi connectivity index (χ1v) is 7.04. The van der Waals surface area contributed by atoms with Crippen LogP contribution >= 0.6 is 0 Å². The van der Waals surface area contributed by atoms with E-state index in [1.165, 1.54) is 0 Å². The minimum Gasteiger partial charge on any atom is -0.481 e. The molecule has 0 aromatic heterocycles. The molecule has 0 unspecified atom stereocenters. The van der Waals surface area contributed by atoms with Crippen molar-refractivity contribution in [1.29, 1.82) is 0 Å². The molecular weight excluding hydrogens is 256 g/mol. The first-order valence-electron chi connectivity index (χ1n) is 7.04. The molecule has 0 saturated heterocycles. The second-order valence-electron chi connectivity index (χ2n) is 5.29. The van der Waals surface area contributed by atoms with E-state index in [0.29, 0.717) is 25.9 Å². The third-order valence-corrected chi connectivity index (χ3v) is 3.83. The van der Waals surface area contributed by atoms with Gasteiger partial charge in [0.1, 0.15) is 0 Å². The number of carbonyl (C=O) groups is 2. The predicted molar refractivity (Wildman–Crippen MR) is 78.5 cm³/mol. The molecule has 112 valence electrons. The number of nitrogens with one attached hydrogen (secondary N) is 1. The number of rotatable bonds is 7. The van der Waals surface area contributed by atoms with E-state index >= 15 is 0 Å². The van der Waals surface area contributed by atoms with Gasteiger partial charge in [-0.3, -0.25) is 4.79 Å². The Morgan fingerprint density at radius 3 is 2.15 bits per heavy atom. The van der Waals surface area contributed by atoms with E-state index in [2.05, 4.69) is 18.5 Å². The van der Waals surface area contributed by atoms with Crippen LogP contribution in [0, 0.1) is 5.41 Å². The van der Waals surface area contributed by atoms with E-state index in [9.17, 15) is 14.7 Å². The number of carboxylic acids is 1. The van der Waals surface area contributed by atoms with Gasteiger partial charge in [-0.2, -0.15) is 0 Å². The van der Waals surface area contributed by atoms with Crippen molar-refractivity contribution in [2.45, 2.75) is 32.1 Å². The highest BCUT2D eigenvalue weighted by Crippen LogP contribution is 2.36. The van der Waals surface area contributed by atoms with Gasteiger partial charge in [-0.25, -0.2) is 4.79 Å². The topological polar surface area (TPSA) is 69.6 Å². The Balaban J connectivity index is 2.61. The summed E-state index contributed by atoms with van der Waals surface area (Å²) in [5, 5.41) is 12.2. The monoisotopic (exact) mass is 280 g/mol. The van der Waals surface area contributed by atoms with Crippen molar-refractivity contribution in [2.24, 2.45) is 5.41 Å². The summed E-state index contributed by atoms with van der Waals surface area (Å²) in [5.41, 5.74) is -0.804. The van der Waals surface area contributed by atoms with Crippen LogP contribution in [0.3, 0.4) is 0 Å². The fraction of sp³-hybridized carbons (Fsp3) is 0.600. The highest BCUT2D eigenvalue weighted by atomic mass is 16.4. The zero-order valence-corrected chi connectivity index (χ0v) is 11.9. The normalized spacial score (nSPS) is 17.0. The van der Waals surface area contributed by atoms with E-state index in [1.807, 2.05) is 0 Å². The third kappa shape index (κ3) is 4.11. The molecule has 0 heterocycles. The Hall–Kier alpha value is -1.78. The molecule has 0 aliphatic heterocycles. The van der Waals surface area contributed by atoms with Crippen LogP contribution in [0.1, 0.15) is 32.1 Å². The van der Waals surface area contributed by atoms with Crippen LogP contribution in [0.2, 0.25) is 0 Å². The molecule has 2 amide bonds. The van der Waals surface area contributed by atoms with Gasteiger partial charge in [0.05, 0.1) is 5.41 Å². The maximum absolute atomic E-state index is 12.1. The zero-order chi connectivity index (χ0) is 15.0. The summed E-state index contributed by atoms with van der Waals surface area (Å²) in [5.74, 6) is -0.809. The van der Waals surface area contributed by atoms with E-state index in [-0.39, 0.29) is 12.6 Å². The van der Waals surface area contributed by atoms with Crippen LogP contribution in [-0.4, -0.2) is 41.6 Å². The Bertz CT molecular complexity index is 363. The molecule has 2 N–H and O–H groups in total. The van der Waals surface area contributed by atoms with Crippen LogP contribution in [-0.2, 0) is 4.79 Å². The van der Waals surface area contributed by atoms with Crippen molar-refractivity contribution in [3.05, 3.63) is 25.3 Å². The minimum atomic E-state index is -0.809. The van der Waals surface area contributed by atoms with Crippen LogP contribution in [0.5, 0.6) is 0 Å². The summed E-state index contributed by atoms with van der Waals surface area (Å²) in [6.45, 7) is 8.23. The molecule has 20 heavy (non-hydrogen) atoms. The van der Waals surface area contributed by atoms with Gasteiger partial charge in [0.25, 0.3) is 0 Å². The lowest BCUT2D eigenvalue weighted by molar-refractivity contribution is -0.150. The average molecular weight is 280 g/mol. The van der Waals surface area contributed by atoms with Crippen molar-refractivity contribution in [1.82, 2.24) is 10.2 Å². The Morgan fingerprint density at radius 1 is 1.15 bits per heavy atom. The number of hydrogen-bond donors (Lipinski definition) is 2. The number of carbonyl (C=O) groups excluding carboxylic acids is 1. The summed E-state index contributed by atoms with van der Waals surface area (Å²) in [6, 6.07) is -0.268. The average Bonchev–Trinajstić information content (AvgIpc) is 2.45. The van der Waals surface area contributed by atoms with Crippen LogP contribution in [0.15, 0.2) is 25.3 Å². The molecule has 1 rings (SSSR count). The predicted octanol–water partition coefficient (Wildman–Crippen LogP) is 2.41. The van der Waals surface area contributed by atoms with Crippen molar-refractivity contribution in [3.63, 3.8) is 0 Å². The van der Waals surface area contributed by atoms with Crippen molar-refractivity contribution < 1.29 is 14.7 Å². The Labute approximate surface area is 120 Å². The summed E-state index contributed by atoms with van der Waals surface area (Å²) in [7, 11) is 0. The molecule has 5 heteroatoms. The van der Waals surface area contributed by atoms with Crippen LogP contribution < -0.4 is 5.32 Å². The number of nitrogens with zero attached hydrogens (tertiary/aromatic N) is 1. The number of amides is 2. The number of urea groups is 1. The second kappa shape index (κ2) is 7.72. The maximum atomic E-state index is 12.1.